The van der Waals surface area contributed by atoms with E-state index in [1.165, 1.54) is 11.4 Å². The van der Waals surface area contributed by atoms with Crippen molar-refractivity contribution in [1.29, 1.82) is 0 Å². The second-order valence-corrected chi connectivity index (χ2v) is 8.87. The molecule has 4 nitrogen and oxygen atoms in total. The van der Waals surface area contributed by atoms with Crippen LogP contribution in [0.3, 0.4) is 0 Å². The molecule has 0 heterocycles. The van der Waals surface area contributed by atoms with E-state index in [0.717, 1.165) is 12.8 Å². The second-order valence-electron chi connectivity index (χ2n) is 5.16. The average Bonchev–Trinajstić information content (AvgIpc) is 2.48. The summed E-state index contributed by atoms with van der Waals surface area (Å²) in [5.41, 5.74) is -0.619. The van der Waals surface area contributed by atoms with Gasteiger partial charge in [-0.3, -0.25) is 4.79 Å². The van der Waals surface area contributed by atoms with E-state index in [2.05, 4.69) is 15.9 Å². The fourth-order valence-electron chi connectivity index (χ4n) is 2.91. The van der Waals surface area contributed by atoms with Crippen molar-refractivity contribution in [3.63, 3.8) is 0 Å². The van der Waals surface area contributed by atoms with Crippen LogP contribution >= 0.6 is 27.5 Å². The summed E-state index contributed by atoms with van der Waals surface area (Å²) in [7, 11) is -2.12. The normalized spacial score (nSPS) is 23.5. The Morgan fingerprint density at radius 3 is 2.57 bits per heavy atom. The molecule has 7 heteroatoms. The minimum absolute atomic E-state index is 0.0890. The van der Waals surface area contributed by atoms with Crippen molar-refractivity contribution >= 4 is 43.3 Å². The molecule has 1 unspecified atom stereocenters. The number of Topliss-reactive ketones (excluding diaryl/α,β-unsaturated/α-hetero) is 1. The van der Waals surface area contributed by atoms with Gasteiger partial charge in [0.15, 0.2) is 5.78 Å². The lowest BCUT2D eigenvalue weighted by Crippen LogP contribution is -2.54. The van der Waals surface area contributed by atoms with Gasteiger partial charge in [0, 0.05) is 18.5 Å². The molecule has 1 aliphatic rings. The van der Waals surface area contributed by atoms with Crippen LogP contribution in [0.25, 0.3) is 0 Å². The number of nitrogens with zero attached hydrogens (tertiary/aromatic N) is 1. The van der Waals surface area contributed by atoms with Crippen LogP contribution in [0, 0.1) is 0 Å². The Labute approximate surface area is 138 Å². The molecule has 1 aromatic carbocycles. The van der Waals surface area contributed by atoms with E-state index in [1.807, 2.05) is 0 Å². The van der Waals surface area contributed by atoms with Gasteiger partial charge in [0.2, 0.25) is 10.0 Å². The van der Waals surface area contributed by atoms with E-state index in [9.17, 15) is 13.2 Å². The Morgan fingerprint density at radius 1 is 1.33 bits per heavy atom. The molecule has 0 bridgehead atoms. The van der Waals surface area contributed by atoms with Crippen LogP contribution in [0.5, 0.6) is 0 Å². The predicted octanol–water partition coefficient (Wildman–Crippen LogP) is 3.29. The zero-order chi connectivity index (χ0) is 15.7. The van der Waals surface area contributed by atoms with Crippen molar-refractivity contribution in [1.82, 2.24) is 4.31 Å². The third kappa shape index (κ3) is 2.91. The molecule has 1 aromatic rings. The third-order valence-electron chi connectivity index (χ3n) is 4.07. The minimum atomic E-state index is -3.58. The Bertz CT molecular complexity index is 649. The first-order chi connectivity index (χ1) is 9.86. The highest BCUT2D eigenvalue weighted by molar-refractivity contribution is 9.10. The van der Waals surface area contributed by atoms with E-state index >= 15 is 0 Å². The molecule has 0 aliphatic heterocycles. The first-order valence-corrected chi connectivity index (χ1v) is 9.78. The molecule has 1 aliphatic carbocycles. The number of ketones is 1. The molecular weight excluding hydrogens is 378 g/mol. The maximum Gasteiger partial charge on any atom is 0.225 e. The number of carbonyl (C=O) groups is 1. The summed E-state index contributed by atoms with van der Waals surface area (Å²) < 4.78 is 25.6. The first-order valence-electron chi connectivity index (χ1n) is 6.67. The number of alkyl halides is 1. The highest BCUT2D eigenvalue weighted by atomic mass is 79.9. The van der Waals surface area contributed by atoms with Gasteiger partial charge in [0.1, 0.15) is 10.2 Å². The van der Waals surface area contributed by atoms with Crippen molar-refractivity contribution in [2.75, 3.05) is 11.7 Å². The fourth-order valence-corrected chi connectivity index (χ4v) is 5.03. The van der Waals surface area contributed by atoms with E-state index in [4.69, 9.17) is 11.6 Å². The molecule has 0 aromatic heterocycles. The van der Waals surface area contributed by atoms with Gasteiger partial charge in [-0.2, -0.15) is 4.31 Å². The zero-order valence-electron chi connectivity index (χ0n) is 11.7. The summed E-state index contributed by atoms with van der Waals surface area (Å²) in [6, 6.07) is 6.98. The minimum Gasteiger partial charge on any atom is -0.297 e. The Morgan fingerprint density at radius 2 is 2.00 bits per heavy atom. The number of benzene rings is 1. The number of hydrogen-bond donors (Lipinski definition) is 0. The lowest BCUT2D eigenvalue weighted by atomic mass is 9.75. The first kappa shape index (κ1) is 16.9. The second kappa shape index (κ2) is 6.36. The number of rotatable bonds is 4. The molecule has 0 amide bonds. The third-order valence-corrected chi connectivity index (χ3v) is 7.55. The topological polar surface area (TPSA) is 54.5 Å². The number of hydrogen-bond acceptors (Lipinski definition) is 3. The van der Waals surface area contributed by atoms with Crippen molar-refractivity contribution in [3.05, 3.63) is 34.9 Å². The van der Waals surface area contributed by atoms with Crippen LogP contribution < -0.4 is 0 Å². The Balaban J connectivity index is 2.66. The van der Waals surface area contributed by atoms with E-state index in [-0.39, 0.29) is 10.4 Å². The van der Waals surface area contributed by atoms with E-state index < -0.39 is 15.6 Å². The van der Waals surface area contributed by atoms with Gasteiger partial charge in [0.25, 0.3) is 0 Å². The van der Waals surface area contributed by atoms with E-state index in [1.54, 1.807) is 24.3 Å². The van der Waals surface area contributed by atoms with Crippen LogP contribution in [-0.2, 0) is 20.4 Å². The number of likely N-dealkylation sites (N-methyl/N-ethyl adjacent to an activating group) is 1. The van der Waals surface area contributed by atoms with Crippen LogP contribution in [0.4, 0.5) is 0 Å². The van der Waals surface area contributed by atoms with Crippen molar-refractivity contribution < 1.29 is 13.2 Å². The summed E-state index contributed by atoms with van der Waals surface area (Å²) in [6.07, 6.45) is 2.40. The molecule has 0 radical (unpaired) electrons. The standard InChI is InChI=1S/C14H17BrClNO3S/c1-17(21(19,20)10-15)14(9-5-4-8-13(14)18)11-6-2-3-7-12(11)16/h2-3,6-7H,4-5,8-10H2,1H3. The van der Waals surface area contributed by atoms with Gasteiger partial charge < -0.3 is 0 Å². The van der Waals surface area contributed by atoms with Gasteiger partial charge in [0.05, 0.1) is 0 Å². The summed E-state index contributed by atoms with van der Waals surface area (Å²) in [6.45, 7) is 0. The monoisotopic (exact) mass is 393 g/mol. The van der Waals surface area contributed by atoms with Gasteiger partial charge in [-0.25, -0.2) is 8.42 Å². The molecular formula is C14H17BrClNO3S. The summed E-state index contributed by atoms with van der Waals surface area (Å²) in [5.74, 6) is -0.0890. The molecule has 0 spiro atoms. The van der Waals surface area contributed by atoms with Gasteiger partial charge in [-0.15, -0.1) is 0 Å². The molecule has 1 fully saturated rings. The zero-order valence-corrected chi connectivity index (χ0v) is 14.8. The van der Waals surface area contributed by atoms with Gasteiger partial charge in [-0.05, 0) is 24.5 Å². The largest absolute Gasteiger partial charge is 0.297 e. The maximum absolute atomic E-state index is 12.7. The SMILES string of the molecule is CN(C1(c2ccccc2Cl)CCCCC1=O)S(=O)(=O)CBr. The Hall–Kier alpha value is -0.430. The molecule has 0 N–H and O–H groups in total. The molecule has 0 saturated heterocycles. The smallest absolute Gasteiger partial charge is 0.225 e. The molecule has 21 heavy (non-hydrogen) atoms. The lowest BCUT2D eigenvalue weighted by molar-refractivity contribution is -0.131. The molecule has 1 atom stereocenters. The highest BCUT2D eigenvalue weighted by Gasteiger charge is 2.49. The predicted molar refractivity (Wildman–Crippen MR) is 87.1 cm³/mol. The highest BCUT2D eigenvalue weighted by Crippen LogP contribution is 2.43. The summed E-state index contributed by atoms with van der Waals surface area (Å²) >= 11 is 9.26. The average molecular weight is 395 g/mol. The molecule has 1 saturated carbocycles. The van der Waals surface area contributed by atoms with Crippen molar-refractivity contribution in [2.24, 2.45) is 0 Å². The lowest BCUT2D eigenvalue weighted by Gasteiger charge is -2.42. The van der Waals surface area contributed by atoms with Gasteiger partial charge in [-0.1, -0.05) is 52.2 Å². The quantitative estimate of drug-likeness (QED) is 0.736. The van der Waals surface area contributed by atoms with Crippen LogP contribution in [0.1, 0.15) is 31.2 Å². The van der Waals surface area contributed by atoms with E-state index in [0.29, 0.717) is 23.4 Å². The Kier molecular flexibility index (Phi) is 5.13. The van der Waals surface area contributed by atoms with Crippen LogP contribution in [0.15, 0.2) is 24.3 Å². The number of halogens is 2. The van der Waals surface area contributed by atoms with Crippen molar-refractivity contribution in [3.8, 4) is 0 Å². The molecule has 2 rings (SSSR count). The summed E-state index contributed by atoms with van der Waals surface area (Å²) in [5, 5.41) is 0.421. The van der Waals surface area contributed by atoms with Crippen LogP contribution in [0.2, 0.25) is 5.02 Å². The van der Waals surface area contributed by atoms with Crippen LogP contribution in [-0.4, -0.2) is 30.2 Å². The maximum atomic E-state index is 12.7. The van der Waals surface area contributed by atoms with Crippen molar-refractivity contribution in [2.45, 2.75) is 31.2 Å². The number of carbonyl (C=O) groups excluding carboxylic acids is 1. The molecule has 116 valence electrons. The van der Waals surface area contributed by atoms with Gasteiger partial charge >= 0.3 is 0 Å². The number of sulfonamides is 1. The fraction of sp³-hybridized carbons (Fsp3) is 0.500. The summed E-state index contributed by atoms with van der Waals surface area (Å²) in [4.78, 5) is 12.7.